The molecule has 0 radical (unpaired) electrons. The Balaban J connectivity index is 2.44. The molecule has 1 aromatic carbocycles. The Morgan fingerprint density at radius 1 is 1.30 bits per heavy atom. The molecule has 0 bridgehead atoms. The Kier molecular flexibility index (Phi) is 5.13. The van der Waals surface area contributed by atoms with E-state index in [1.165, 1.54) is 24.2 Å². The summed E-state index contributed by atoms with van der Waals surface area (Å²) in [6.45, 7) is 3.80. The summed E-state index contributed by atoms with van der Waals surface area (Å²) in [7, 11) is 3.04. The smallest absolute Gasteiger partial charge is 0.265 e. The van der Waals surface area contributed by atoms with Gasteiger partial charge in [0.25, 0.3) is 11.8 Å². The van der Waals surface area contributed by atoms with Crippen LogP contribution in [-0.4, -0.2) is 42.6 Å². The summed E-state index contributed by atoms with van der Waals surface area (Å²) in [5.74, 6) is 0.0773. The Hall–Kier alpha value is -2.67. The van der Waals surface area contributed by atoms with Crippen LogP contribution in [0.1, 0.15) is 5.56 Å². The van der Waals surface area contributed by atoms with Crippen LogP contribution in [0.2, 0.25) is 0 Å². The fourth-order valence-corrected chi connectivity index (χ4v) is 2.33. The molecule has 2 rings (SSSR count). The first kappa shape index (κ1) is 16.7. The fourth-order valence-electron chi connectivity index (χ4n) is 2.08. The van der Waals surface area contributed by atoms with Crippen molar-refractivity contribution in [1.29, 1.82) is 0 Å². The quantitative estimate of drug-likeness (QED) is 0.383. The third-order valence-electron chi connectivity index (χ3n) is 3.24. The molecule has 120 valence electrons. The summed E-state index contributed by atoms with van der Waals surface area (Å²) in [6.07, 6.45) is 3.00. The van der Waals surface area contributed by atoms with E-state index in [1.54, 1.807) is 25.3 Å². The molecule has 7 heteroatoms. The minimum Gasteiger partial charge on any atom is -0.497 e. The number of hydrogen-bond donors (Lipinski definition) is 1. The molecule has 1 heterocycles. The van der Waals surface area contributed by atoms with Gasteiger partial charge in [0.1, 0.15) is 17.1 Å². The molecule has 0 saturated carbocycles. The van der Waals surface area contributed by atoms with Gasteiger partial charge in [0.15, 0.2) is 5.11 Å². The van der Waals surface area contributed by atoms with Crippen molar-refractivity contribution in [3.05, 3.63) is 42.0 Å². The number of carbonyl (C=O) groups is 2. The molecule has 23 heavy (non-hydrogen) atoms. The number of benzene rings is 1. The molecule has 1 aliphatic heterocycles. The molecule has 0 aromatic heterocycles. The molecule has 0 unspecified atom stereocenters. The molecule has 1 fully saturated rings. The van der Waals surface area contributed by atoms with E-state index in [4.69, 9.17) is 21.7 Å². The predicted octanol–water partition coefficient (Wildman–Crippen LogP) is 1.52. The molecule has 0 aliphatic carbocycles. The van der Waals surface area contributed by atoms with E-state index in [-0.39, 0.29) is 17.2 Å². The van der Waals surface area contributed by atoms with E-state index >= 15 is 0 Å². The third kappa shape index (κ3) is 3.40. The topological polar surface area (TPSA) is 67.9 Å². The van der Waals surface area contributed by atoms with Crippen molar-refractivity contribution in [3.63, 3.8) is 0 Å². The van der Waals surface area contributed by atoms with E-state index in [2.05, 4.69) is 11.9 Å². The highest BCUT2D eigenvalue weighted by atomic mass is 32.1. The second-order valence-corrected chi connectivity index (χ2v) is 5.02. The number of rotatable bonds is 5. The first-order chi connectivity index (χ1) is 11.0. The molecule has 1 N–H and O–H groups in total. The van der Waals surface area contributed by atoms with Crippen LogP contribution < -0.4 is 14.8 Å². The summed E-state index contributed by atoms with van der Waals surface area (Å²) in [4.78, 5) is 25.8. The Bertz CT molecular complexity index is 712. The number of ether oxygens (including phenoxy) is 2. The second kappa shape index (κ2) is 7.06. The van der Waals surface area contributed by atoms with E-state index < -0.39 is 11.8 Å². The van der Waals surface area contributed by atoms with Crippen LogP contribution in [0.5, 0.6) is 11.5 Å². The van der Waals surface area contributed by atoms with Crippen LogP contribution >= 0.6 is 12.2 Å². The van der Waals surface area contributed by atoms with Crippen LogP contribution in [-0.2, 0) is 9.59 Å². The lowest BCUT2D eigenvalue weighted by atomic mass is 10.1. The van der Waals surface area contributed by atoms with Gasteiger partial charge in [0.2, 0.25) is 0 Å². The fraction of sp³-hybridized carbons (Fsp3) is 0.188. The number of amides is 2. The average molecular weight is 332 g/mol. The van der Waals surface area contributed by atoms with Crippen LogP contribution in [0.3, 0.4) is 0 Å². The zero-order valence-corrected chi connectivity index (χ0v) is 13.6. The van der Waals surface area contributed by atoms with Gasteiger partial charge >= 0.3 is 0 Å². The molecule has 6 nitrogen and oxygen atoms in total. The maximum atomic E-state index is 12.5. The number of carbonyl (C=O) groups excluding carboxylic acids is 2. The van der Waals surface area contributed by atoms with E-state index in [9.17, 15) is 9.59 Å². The van der Waals surface area contributed by atoms with Gasteiger partial charge in [-0.15, -0.1) is 6.58 Å². The van der Waals surface area contributed by atoms with Gasteiger partial charge < -0.3 is 9.47 Å². The van der Waals surface area contributed by atoms with Crippen LogP contribution in [0.25, 0.3) is 6.08 Å². The monoisotopic (exact) mass is 332 g/mol. The summed E-state index contributed by atoms with van der Waals surface area (Å²) >= 11 is 5.00. The standard InChI is InChI=1S/C16H16N2O4S/c1-4-7-18-15(20)12(14(19)17-16(18)23)8-10-5-6-11(21-2)9-13(10)22-3/h4-6,8-9H,1,7H2,2-3H3,(H,17,19,23). The second-order valence-electron chi connectivity index (χ2n) is 4.63. The van der Waals surface area contributed by atoms with Crippen LogP contribution in [0.4, 0.5) is 0 Å². The molecule has 1 aliphatic rings. The van der Waals surface area contributed by atoms with Crippen molar-refractivity contribution in [3.8, 4) is 11.5 Å². The molecule has 2 amide bonds. The minimum absolute atomic E-state index is 0.0242. The zero-order valence-electron chi connectivity index (χ0n) is 12.8. The number of nitrogens with zero attached hydrogens (tertiary/aromatic N) is 1. The van der Waals surface area contributed by atoms with Crippen LogP contribution in [0.15, 0.2) is 36.4 Å². The molecule has 0 atom stereocenters. The molecule has 1 saturated heterocycles. The number of thiocarbonyl (C=S) groups is 1. The first-order valence-corrected chi connectivity index (χ1v) is 7.14. The number of nitrogens with one attached hydrogen (secondary N) is 1. The normalized spacial score (nSPS) is 16.3. The SMILES string of the molecule is C=CCN1C(=O)C(=Cc2ccc(OC)cc2OC)C(=O)NC1=S. The molecule has 0 spiro atoms. The van der Waals surface area contributed by atoms with Crippen molar-refractivity contribution >= 4 is 35.2 Å². The molecule has 1 aromatic rings. The van der Waals surface area contributed by atoms with Gasteiger partial charge in [-0.1, -0.05) is 6.08 Å². The maximum Gasteiger partial charge on any atom is 0.265 e. The number of methoxy groups -OCH3 is 2. The largest absolute Gasteiger partial charge is 0.497 e. The average Bonchev–Trinajstić information content (AvgIpc) is 2.55. The van der Waals surface area contributed by atoms with E-state index in [0.29, 0.717) is 17.1 Å². The van der Waals surface area contributed by atoms with Gasteiger partial charge in [-0.25, -0.2) is 0 Å². The Morgan fingerprint density at radius 3 is 2.65 bits per heavy atom. The minimum atomic E-state index is -0.543. The highest BCUT2D eigenvalue weighted by molar-refractivity contribution is 7.80. The molecular weight excluding hydrogens is 316 g/mol. The summed E-state index contributed by atoms with van der Waals surface area (Å²) in [5.41, 5.74) is 0.557. The maximum absolute atomic E-state index is 12.5. The highest BCUT2D eigenvalue weighted by Gasteiger charge is 2.32. The third-order valence-corrected chi connectivity index (χ3v) is 3.56. The lowest BCUT2D eigenvalue weighted by Crippen LogP contribution is -2.53. The summed E-state index contributed by atoms with van der Waals surface area (Å²) in [5, 5.41) is 2.56. The molecular formula is C16H16N2O4S. The number of hydrogen-bond acceptors (Lipinski definition) is 5. The Labute approximate surface area is 139 Å². The first-order valence-electron chi connectivity index (χ1n) is 6.73. The van der Waals surface area contributed by atoms with Crippen molar-refractivity contribution in [2.45, 2.75) is 0 Å². The lowest BCUT2D eigenvalue weighted by molar-refractivity contribution is -0.128. The van der Waals surface area contributed by atoms with Crippen molar-refractivity contribution in [2.75, 3.05) is 20.8 Å². The van der Waals surface area contributed by atoms with Gasteiger partial charge in [-0.2, -0.15) is 0 Å². The van der Waals surface area contributed by atoms with Gasteiger partial charge in [-0.05, 0) is 30.4 Å². The van der Waals surface area contributed by atoms with E-state index in [1.807, 2.05) is 0 Å². The summed E-state index contributed by atoms with van der Waals surface area (Å²) in [6, 6.07) is 5.09. The van der Waals surface area contributed by atoms with Crippen molar-refractivity contribution in [1.82, 2.24) is 10.2 Å². The predicted molar refractivity (Wildman–Crippen MR) is 90.2 cm³/mol. The highest BCUT2D eigenvalue weighted by Crippen LogP contribution is 2.27. The van der Waals surface area contributed by atoms with Crippen LogP contribution in [0, 0.1) is 0 Å². The van der Waals surface area contributed by atoms with Gasteiger partial charge in [0, 0.05) is 18.2 Å². The Morgan fingerprint density at radius 2 is 2.04 bits per heavy atom. The van der Waals surface area contributed by atoms with Crippen molar-refractivity contribution in [2.24, 2.45) is 0 Å². The van der Waals surface area contributed by atoms with Crippen molar-refractivity contribution < 1.29 is 19.1 Å². The summed E-state index contributed by atoms with van der Waals surface area (Å²) < 4.78 is 10.4. The lowest BCUT2D eigenvalue weighted by Gasteiger charge is -2.27. The van der Waals surface area contributed by atoms with Gasteiger partial charge in [0.05, 0.1) is 14.2 Å². The van der Waals surface area contributed by atoms with Gasteiger partial charge in [-0.3, -0.25) is 19.8 Å². The zero-order chi connectivity index (χ0) is 17.0. The van der Waals surface area contributed by atoms with E-state index in [0.717, 1.165) is 0 Å².